The van der Waals surface area contributed by atoms with Gasteiger partial charge in [0.1, 0.15) is 6.04 Å². The molecule has 0 unspecified atom stereocenters. The molecule has 162 valence electrons. The summed E-state index contributed by atoms with van der Waals surface area (Å²) in [4.78, 5) is 47.1. The average molecular weight is 413 g/mol. The number of carbonyl (C=O) groups excluding carboxylic acids is 3. The van der Waals surface area contributed by atoms with E-state index in [2.05, 4.69) is 9.55 Å². The summed E-state index contributed by atoms with van der Waals surface area (Å²) in [7, 11) is 0. The first-order chi connectivity index (χ1) is 14.4. The third-order valence-corrected chi connectivity index (χ3v) is 6.86. The predicted molar refractivity (Wildman–Crippen MR) is 112 cm³/mol. The molecule has 0 aromatic carbocycles. The molecule has 7 heteroatoms. The van der Waals surface area contributed by atoms with Crippen molar-refractivity contribution in [2.24, 2.45) is 17.8 Å². The number of allylic oxidation sites excluding steroid dienone is 2. The molecule has 2 saturated heterocycles. The fourth-order valence-corrected chi connectivity index (χ4v) is 5.22. The van der Waals surface area contributed by atoms with E-state index in [0.29, 0.717) is 38.4 Å². The maximum absolute atomic E-state index is 13.5. The second-order valence-electron chi connectivity index (χ2n) is 9.35. The van der Waals surface area contributed by atoms with Crippen LogP contribution < -0.4 is 0 Å². The van der Waals surface area contributed by atoms with Crippen molar-refractivity contribution in [3.05, 3.63) is 30.4 Å². The molecule has 3 atom stereocenters. The molecule has 1 aromatic heterocycles. The number of rotatable bonds is 5. The first kappa shape index (κ1) is 20.8. The van der Waals surface area contributed by atoms with E-state index < -0.39 is 6.04 Å². The van der Waals surface area contributed by atoms with Crippen molar-refractivity contribution >= 4 is 17.7 Å². The lowest BCUT2D eigenvalue weighted by atomic mass is 9.85. The maximum Gasteiger partial charge on any atom is 0.245 e. The van der Waals surface area contributed by atoms with E-state index in [9.17, 15) is 14.4 Å². The van der Waals surface area contributed by atoms with Crippen LogP contribution in [0.25, 0.3) is 0 Å². The van der Waals surface area contributed by atoms with E-state index >= 15 is 0 Å². The summed E-state index contributed by atoms with van der Waals surface area (Å²) in [6.45, 7) is 7.39. The Morgan fingerprint density at radius 3 is 2.20 bits per heavy atom. The van der Waals surface area contributed by atoms with Gasteiger partial charge in [0.25, 0.3) is 0 Å². The second kappa shape index (κ2) is 8.36. The molecule has 30 heavy (non-hydrogen) atoms. The fraction of sp³-hybridized carbons (Fsp3) is 0.652. The normalized spacial score (nSPS) is 25.9. The van der Waals surface area contributed by atoms with Crippen molar-refractivity contribution < 1.29 is 14.4 Å². The summed E-state index contributed by atoms with van der Waals surface area (Å²) in [5.74, 6) is -0.751. The largest absolute Gasteiger partial charge is 0.341 e. The lowest BCUT2D eigenvalue weighted by Crippen LogP contribution is -2.53. The van der Waals surface area contributed by atoms with Crippen LogP contribution in [0.15, 0.2) is 24.7 Å². The smallest absolute Gasteiger partial charge is 0.245 e. The Kier molecular flexibility index (Phi) is 5.80. The molecule has 0 bridgehead atoms. The minimum absolute atomic E-state index is 0.0715. The van der Waals surface area contributed by atoms with Crippen molar-refractivity contribution in [1.82, 2.24) is 19.4 Å². The van der Waals surface area contributed by atoms with Crippen molar-refractivity contribution in [2.75, 3.05) is 13.1 Å². The number of amides is 3. The molecule has 0 spiro atoms. The van der Waals surface area contributed by atoms with E-state index in [-0.39, 0.29) is 35.5 Å². The number of aryl methyl sites for hydroxylation is 1. The highest BCUT2D eigenvalue weighted by Crippen LogP contribution is 2.37. The van der Waals surface area contributed by atoms with Gasteiger partial charge in [0, 0.05) is 31.0 Å². The molecule has 7 nitrogen and oxygen atoms in total. The molecule has 3 heterocycles. The number of aromatic nitrogens is 2. The summed E-state index contributed by atoms with van der Waals surface area (Å²) in [5, 5.41) is 0. The Morgan fingerprint density at radius 1 is 1.10 bits per heavy atom. The van der Waals surface area contributed by atoms with Gasteiger partial charge in [-0.05, 0) is 44.9 Å². The van der Waals surface area contributed by atoms with Gasteiger partial charge in [-0.1, -0.05) is 26.0 Å². The van der Waals surface area contributed by atoms with Crippen LogP contribution in [0.1, 0.15) is 57.7 Å². The number of imide groups is 1. The molecule has 3 amide bonds. The van der Waals surface area contributed by atoms with Gasteiger partial charge in [-0.3, -0.25) is 19.3 Å². The van der Waals surface area contributed by atoms with Crippen molar-refractivity contribution in [3.8, 4) is 0 Å². The first-order valence-electron chi connectivity index (χ1n) is 11.2. The number of hydrogen-bond donors (Lipinski definition) is 0. The number of carbonyl (C=O) groups is 3. The topological polar surface area (TPSA) is 75.5 Å². The Bertz CT molecular complexity index is 824. The Balaban J connectivity index is 1.49. The zero-order chi connectivity index (χ0) is 21.4. The monoisotopic (exact) mass is 412 g/mol. The Morgan fingerprint density at radius 2 is 1.70 bits per heavy atom. The van der Waals surface area contributed by atoms with Gasteiger partial charge in [-0.15, -0.1) is 0 Å². The number of imidazole rings is 1. The molecule has 4 rings (SSSR count). The van der Waals surface area contributed by atoms with Crippen molar-refractivity contribution in [2.45, 2.75) is 65.0 Å². The van der Waals surface area contributed by atoms with Crippen molar-refractivity contribution in [1.29, 1.82) is 0 Å². The van der Waals surface area contributed by atoms with Gasteiger partial charge < -0.3 is 9.47 Å². The molecule has 1 aromatic rings. The molecule has 3 aliphatic rings. The van der Waals surface area contributed by atoms with E-state index in [1.54, 1.807) is 0 Å². The second-order valence-corrected chi connectivity index (χ2v) is 9.35. The summed E-state index contributed by atoms with van der Waals surface area (Å²) in [5.41, 5.74) is 1.13. The van der Waals surface area contributed by atoms with Gasteiger partial charge in [-0.2, -0.15) is 0 Å². The third-order valence-electron chi connectivity index (χ3n) is 6.86. The molecule has 0 radical (unpaired) electrons. The lowest BCUT2D eigenvalue weighted by molar-refractivity contribution is -0.153. The van der Waals surface area contributed by atoms with Gasteiger partial charge in [0.15, 0.2) is 0 Å². The van der Waals surface area contributed by atoms with Crippen LogP contribution in [0.5, 0.6) is 0 Å². The van der Waals surface area contributed by atoms with Crippen LogP contribution >= 0.6 is 0 Å². The Labute approximate surface area is 178 Å². The summed E-state index contributed by atoms with van der Waals surface area (Å²) in [6.07, 6.45) is 11.1. The zero-order valence-corrected chi connectivity index (χ0v) is 18.2. The molecular formula is C23H32N4O3. The minimum atomic E-state index is -0.679. The van der Waals surface area contributed by atoms with Crippen LogP contribution in [-0.2, 0) is 14.4 Å². The highest BCUT2D eigenvalue weighted by molar-refractivity contribution is 6.08. The lowest BCUT2D eigenvalue weighted by Gasteiger charge is -2.37. The molecule has 0 N–H and O–H groups in total. The van der Waals surface area contributed by atoms with Crippen LogP contribution in [0, 0.1) is 24.7 Å². The van der Waals surface area contributed by atoms with Gasteiger partial charge in [0.05, 0.1) is 18.2 Å². The Hall–Kier alpha value is -2.44. The van der Waals surface area contributed by atoms with Gasteiger partial charge in [0.2, 0.25) is 17.7 Å². The number of fused-ring (bicyclic) bond motifs is 1. The fourth-order valence-electron chi connectivity index (χ4n) is 5.22. The SMILES string of the molecule is Cc1cncn1C1CCN(C(=O)[C@H](CC(C)C)N2C(=O)[C@@H]3CC=CC[C@H]3C2=O)CC1. The maximum atomic E-state index is 13.5. The zero-order valence-electron chi connectivity index (χ0n) is 18.2. The van der Waals surface area contributed by atoms with Crippen LogP contribution in [0.3, 0.4) is 0 Å². The highest BCUT2D eigenvalue weighted by atomic mass is 16.2. The third kappa shape index (κ3) is 3.70. The standard InChI is InChI=1S/C23H32N4O3/c1-15(2)12-20(27-21(28)18-6-4-5-7-19(18)22(27)29)23(30)25-10-8-17(9-11-25)26-14-24-13-16(26)3/h4-5,13-15,17-20H,6-12H2,1-3H3/t18-,19-,20+/m1/s1. The van der Waals surface area contributed by atoms with E-state index in [4.69, 9.17) is 0 Å². The summed E-state index contributed by atoms with van der Waals surface area (Å²) >= 11 is 0. The predicted octanol–water partition coefficient (Wildman–Crippen LogP) is 2.72. The van der Waals surface area contributed by atoms with E-state index in [0.717, 1.165) is 18.5 Å². The van der Waals surface area contributed by atoms with E-state index in [1.807, 2.05) is 50.3 Å². The number of piperidine rings is 1. The number of likely N-dealkylation sites (tertiary alicyclic amines) is 2. The summed E-state index contributed by atoms with van der Waals surface area (Å²) in [6, 6.07) is -0.341. The van der Waals surface area contributed by atoms with Crippen molar-refractivity contribution in [3.63, 3.8) is 0 Å². The summed E-state index contributed by atoms with van der Waals surface area (Å²) < 4.78 is 2.18. The average Bonchev–Trinajstić information content (AvgIpc) is 3.27. The molecule has 2 aliphatic heterocycles. The number of hydrogen-bond acceptors (Lipinski definition) is 4. The minimum Gasteiger partial charge on any atom is -0.341 e. The van der Waals surface area contributed by atoms with Crippen LogP contribution in [-0.4, -0.2) is 56.2 Å². The number of nitrogens with zero attached hydrogens (tertiary/aromatic N) is 4. The molecular weight excluding hydrogens is 380 g/mol. The molecule has 0 saturated carbocycles. The van der Waals surface area contributed by atoms with Gasteiger partial charge >= 0.3 is 0 Å². The quantitative estimate of drug-likeness (QED) is 0.550. The van der Waals surface area contributed by atoms with Gasteiger partial charge in [-0.25, -0.2) is 4.98 Å². The molecule has 1 aliphatic carbocycles. The molecule has 2 fully saturated rings. The van der Waals surface area contributed by atoms with Crippen LogP contribution in [0.4, 0.5) is 0 Å². The highest BCUT2D eigenvalue weighted by Gasteiger charge is 2.51. The van der Waals surface area contributed by atoms with Crippen LogP contribution in [0.2, 0.25) is 0 Å². The van der Waals surface area contributed by atoms with E-state index in [1.165, 1.54) is 4.90 Å². The first-order valence-corrected chi connectivity index (χ1v) is 11.2.